The van der Waals surface area contributed by atoms with Crippen molar-refractivity contribution in [2.24, 2.45) is 5.92 Å². The van der Waals surface area contributed by atoms with E-state index in [2.05, 4.69) is 29.4 Å². The zero-order valence-electron chi connectivity index (χ0n) is 12.3. The van der Waals surface area contributed by atoms with Crippen LogP contribution in [0.3, 0.4) is 0 Å². The number of anilines is 1. The first-order valence-electron chi connectivity index (χ1n) is 7.56. The van der Waals surface area contributed by atoms with Crippen molar-refractivity contribution in [3.05, 3.63) is 30.1 Å². The van der Waals surface area contributed by atoms with E-state index in [0.717, 1.165) is 44.2 Å². The fraction of sp³-hybridized carbons (Fsp3) is 0.625. The lowest BCUT2D eigenvalue weighted by atomic mass is 10.0. The molecule has 1 unspecified atom stereocenters. The van der Waals surface area contributed by atoms with Crippen LogP contribution in [-0.2, 0) is 0 Å². The Morgan fingerprint density at radius 3 is 2.35 bits per heavy atom. The van der Waals surface area contributed by atoms with Crippen LogP contribution in [0, 0.1) is 11.7 Å². The fourth-order valence-corrected chi connectivity index (χ4v) is 3.15. The molecule has 1 saturated heterocycles. The van der Waals surface area contributed by atoms with Gasteiger partial charge in [0, 0.05) is 38.4 Å². The van der Waals surface area contributed by atoms with Gasteiger partial charge in [-0.2, -0.15) is 12.6 Å². The molecule has 0 N–H and O–H groups in total. The molecule has 0 amide bonds. The third-order valence-corrected chi connectivity index (χ3v) is 4.55. The lowest BCUT2D eigenvalue weighted by molar-refractivity contribution is 0.221. The maximum atomic E-state index is 12.9. The summed E-state index contributed by atoms with van der Waals surface area (Å²) in [6.07, 6.45) is 2.50. The van der Waals surface area contributed by atoms with E-state index >= 15 is 0 Å². The van der Waals surface area contributed by atoms with Crippen LogP contribution in [0.4, 0.5) is 10.1 Å². The van der Waals surface area contributed by atoms with Gasteiger partial charge in [-0.3, -0.25) is 4.90 Å². The number of halogens is 1. The smallest absolute Gasteiger partial charge is 0.123 e. The van der Waals surface area contributed by atoms with Crippen LogP contribution in [0.1, 0.15) is 19.8 Å². The van der Waals surface area contributed by atoms with Crippen molar-refractivity contribution in [3.63, 3.8) is 0 Å². The topological polar surface area (TPSA) is 6.48 Å². The van der Waals surface area contributed by atoms with E-state index in [1.807, 2.05) is 12.1 Å². The molecule has 0 spiro atoms. The van der Waals surface area contributed by atoms with Crippen LogP contribution in [0.2, 0.25) is 0 Å². The summed E-state index contributed by atoms with van der Waals surface area (Å²) in [5.74, 6) is 1.52. The van der Waals surface area contributed by atoms with Gasteiger partial charge in [-0.05, 0) is 42.4 Å². The van der Waals surface area contributed by atoms with Crippen LogP contribution in [0.5, 0.6) is 0 Å². The van der Waals surface area contributed by atoms with Gasteiger partial charge >= 0.3 is 0 Å². The number of hydrogen-bond acceptors (Lipinski definition) is 3. The number of benzene rings is 1. The van der Waals surface area contributed by atoms with Gasteiger partial charge in [-0.25, -0.2) is 4.39 Å². The molecular formula is C16H25FN2S. The Hall–Kier alpha value is -0.740. The van der Waals surface area contributed by atoms with Crippen LogP contribution in [0.15, 0.2) is 24.3 Å². The highest BCUT2D eigenvalue weighted by Gasteiger charge is 2.19. The monoisotopic (exact) mass is 296 g/mol. The molecule has 0 saturated carbocycles. The van der Waals surface area contributed by atoms with E-state index in [0.29, 0.717) is 5.92 Å². The molecule has 20 heavy (non-hydrogen) atoms. The normalized spacial score (nSPS) is 18.2. The van der Waals surface area contributed by atoms with Crippen molar-refractivity contribution in [3.8, 4) is 0 Å². The Bertz CT molecular complexity index is 388. The molecule has 1 aliphatic rings. The highest BCUT2D eigenvalue weighted by Crippen LogP contribution is 2.18. The van der Waals surface area contributed by atoms with E-state index in [-0.39, 0.29) is 5.82 Å². The second-order valence-corrected chi connectivity index (χ2v) is 5.97. The average molecular weight is 296 g/mol. The number of nitrogens with zero attached hydrogens (tertiary/aromatic N) is 2. The van der Waals surface area contributed by atoms with E-state index in [4.69, 9.17) is 0 Å². The fourth-order valence-electron chi connectivity index (χ4n) is 2.85. The molecule has 1 aromatic carbocycles. The van der Waals surface area contributed by atoms with Crippen LogP contribution < -0.4 is 4.90 Å². The lowest BCUT2D eigenvalue weighted by Gasteiger charge is -2.37. The van der Waals surface area contributed by atoms with Crippen molar-refractivity contribution in [1.82, 2.24) is 4.90 Å². The van der Waals surface area contributed by atoms with Gasteiger partial charge in [0.1, 0.15) is 5.82 Å². The van der Waals surface area contributed by atoms with Gasteiger partial charge in [0.2, 0.25) is 0 Å². The predicted octanol–water partition coefficient (Wildman–Crippen LogP) is 3.29. The molecule has 1 atom stereocenters. The average Bonchev–Trinajstić information content (AvgIpc) is 2.48. The molecule has 0 aromatic heterocycles. The molecular weight excluding hydrogens is 271 g/mol. The maximum absolute atomic E-state index is 12.9. The Labute approximate surface area is 127 Å². The molecule has 0 bridgehead atoms. The highest BCUT2D eigenvalue weighted by atomic mass is 32.1. The van der Waals surface area contributed by atoms with E-state index in [1.54, 1.807) is 12.1 Å². The molecule has 2 rings (SSSR count). The molecule has 1 heterocycles. The van der Waals surface area contributed by atoms with Gasteiger partial charge in [-0.1, -0.05) is 13.3 Å². The Morgan fingerprint density at radius 1 is 1.15 bits per heavy atom. The minimum Gasteiger partial charge on any atom is -0.369 e. The molecule has 1 aliphatic heterocycles. The van der Waals surface area contributed by atoms with Crippen LogP contribution in [-0.4, -0.2) is 43.4 Å². The third kappa shape index (κ3) is 4.38. The van der Waals surface area contributed by atoms with Gasteiger partial charge < -0.3 is 4.90 Å². The first kappa shape index (κ1) is 15.6. The van der Waals surface area contributed by atoms with Crippen molar-refractivity contribution in [2.75, 3.05) is 43.4 Å². The third-order valence-electron chi connectivity index (χ3n) is 4.04. The minimum absolute atomic E-state index is 0.163. The molecule has 4 heteroatoms. The summed E-state index contributed by atoms with van der Waals surface area (Å²) in [7, 11) is 0. The highest BCUT2D eigenvalue weighted by molar-refractivity contribution is 7.80. The predicted molar refractivity (Wildman–Crippen MR) is 87.3 cm³/mol. The van der Waals surface area contributed by atoms with Crippen molar-refractivity contribution in [1.29, 1.82) is 0 Å². The zero-order chi connectivity index (χ0) is 14.4. The summed E-state index contributed by atoms with van der Waals surface area (Å²) in [6.45, 7) is 7.63. The number of thiol groups is 1. The van der Waals surface area contributed by atoms with Gasteiger partial charge in [0.25, 0.3) is 0 Å². The minimum atomic E-state index is -0.163. The van der Waals surface area contributed by atoms with Gasteiger partial charge in [-0.15, -0.1) is 0 Å². The number of hydrogen-bond donors (Lipinski definition) is 1. The zero-order valence-corrected chi connectivity index (χ0v) is 13.2. The van der Waals surface area contributed by atoms with Gasteiger partial charge in [0.15, 0.2) is 0 Å². The molecule has 0 aliphatic carbocycles. The standard InChI is InChI=1S/C16H25FN2S/c1-2-3-14(13-20)12-18-8-10-19(11-9-18)16-6-4-15(17)5-7-16/h4-7,14,20H,2-3,8-13H2,1H3. The van der Waals surface area contributed by atoms with E-state index < -0.39 is 0 Å². The molecule has 112 valence electrons. The first-order chi connectivity index (χ1) is 9.72. The summed E-state index contributed by atoms with van der Waals surface area (Å²) in [4.78, 5) is 4.88. The van der Waals surface area contributed by atoms with Crippen molar-refractivity contribution < 1.29 is 4.39 Å². The van der Waals surface area contributed by atoms with E-state index in [1.165, 1.54) is 12.8 Å². The Kier molecular flexibility index (Phi) is 6.17. The van der Waals surface area contributed by atoms with Crippen molar-refractivity contribution >= 4 is 18.3 Å². The summed E-state index contributed by atoms with van der Waals surface area (Å²) in [6, 6.07) is 6.83. The molecule has 2 nitrogen and oxygen atoms in total. The van der Waals surface area contributed by atoms with Gasteiger partial charge in [0.05, 0.1) is 0 Å². The Balaban J connectivity index is 1.81. The summed E-state index contributed by atoms with van der Waals surface area (Å²) < 4.78 is 12.9. The molecule has 1 fully saturated rings. The SMILES string of the molecule is CCCC(CS)CN1CCN(c2ccc(F)cc2)CC1. The number of rotatable bonds is 6. The summed E-state index contributed by atoms with van der Waals surface area (Å²) in [5, 5.41) is 0. The summed E-state index contributed by atoms with van der Waals surface area (Å²) in [5.41, 5.74) is 1.13. The quantitative estimate of drug-likeness (QED) is 0.805. The molecule has 0 radical (unpaired) electrons. The Morgan fingerprint density at radius 2 is 1.80 bits per heavy atom. The van der Waals surface area contributed by atoms with Crippen LogP contribution in [0.25, 0.3) is 0 Å². The summed E-state index contributed by atoms with van der Waals surface area (Å²) >= 11 is 4.46. The lowest BCUT2D eigenvalue weighted by Crippen LogP contribution is -2.48. The van der Waals surface area contributed by atoms with E-state index in [9.17, 15) is 4.39 Å². The second-order valence-electron chi connectivity index (χ2n) is 5.60. The maximum Gasteiger partial charge on any atom is 0.123 e. The largest absolute Gasteiger partial charge is 0.369 e. The van der Waals surface area contributed by atoms with Crippen molar-refractivity contribution in [2.45, 2.75) is 19.8 Å². The second kappa shape index (κ2) is 7.89. The first-order valence-corrected chi connectivity index (χ1v) is 8.20. The van der Waals surface area contributed by atoms with Crippen LogP contribution >= 0.6 is 12.6 Å². The molecule has 1 aromatic rings. The number of piperazine rings is 1.